The fourth-order valence-corrected chi connectivity index (χ4v) is 1.38. The molecular weight excluding hydrogens is 222 g/mol. The van der Waals surface area contributed by atoms with Crippen LogP contribution in [0.2, 0.25) is 0 Å². The summed E-state index contributed by atoms with van der Waals surface area (Å²) in [6, 6.07) is 7.64. The lowest BCUT2D eigenvalue weighted by Gasteiger charge is -2.10. The van der Waals surface area contributed by atoms with Gasteiger partial charge in [-0.15, -0.1) is 0 Å². The molecule has 0 saturated heterocycles. The average molecular weight is 239 g/mol. The zero-order valence-corrected chi connectivity index (χ0v) is 10.1. The van der Waals surface area contributed by atoms with Gasteiger partial charge in [-0.2, -0.15) is 0 Å². The first-order valence-electron chi connectivity index (χ1n) is 5.24. The SMILES string of the molecule is CCOc1ccc(NC(=S)NCCN)cc1. The summed E-state index contributed by atoms with van der Waals surface area (Å²) in [5.74, 6) is 0.855. The minimum Gasteiger partial charge on any atom is -0.494 e. The summed E-state index contributed by atoms with van der Waals surface area (Å²) < 4.78 is 5.34. The van der Waals surface area contributed by atoms with Crippen LogP contribution < -0.4 is 21.1 Å². The predicted molar refractivity (Wildman–Crippen MR) is 70.9 cm³/mol. The van der Waals surface area contributed by atoms with Crippen LogP contribution in [0.25, 0.3) is 0 Å². The van der Waals surface area contributed by atoms with Gasteiger partial charge in [0.25, 0.3) is 0 Å². The number of hydrogen-bond donors (Lipinski definition) is 3. The number of ether oxygens (including phenoxy) is 1. The highest BCUT2D eigenvalue weighted by atomic mass is 32.1. The number of nitrogens with one attached hydrogen (secondary N) is 2. The summed E-state index contributed by atoms with van der Waals surface area (Å²) in [6.07, 6.45) is 0. The Hall–Kier alpha value is -1.33. The van der Waals surface area contributed by atoms with Gasteiger partial charge in [-0.3, -0.25) is 0 Å². The molecule has 16 heavy (non-hydrogen) atoms. The minimum atomic E-state index is 0.561. The predicted octanol–water partition coefficient (Wildman–Crippen LogP) is 1.33. The molecular formula is C11H17N3OS. The smallest absolute Gasteiger partial charge is 0.170 e. The van der Waals surface area contributed by atoms with Crippen LogP contribution in [-0.2, 0) is 0 Å². The number of benzene rings is 1. The van der Waals surface area contributed by atoms with Gasteiger partial charge < -0.3 is 21.1 Å². The van der Waals surface area contributed by atoms with Gasteiger partial charge >= 0.3 is 0 Å². The molecule has 0 heterocycles. The number of anilines is 1. The van der Waals surface area contributed by atoms with E-state index in [1.165, 1.54) is 0 Å². The summed E-state index contributed by atoms with van der Waals surface area (Å²) in [4.78, 5) is 0. The van der Waals surface area contributed by atoms with Gasteiger partial charge in [0.15, 0.2) is 5.11 Å². The van der Waals surface area contributed by atoms with E-state index in [1.807, 2.05) is 31.2 Å². The van der Waals surface area contributed by atoms with Crippen molar-refractivity contribution in [2.75, 3.05) is 25.0 Å². The topological polar surface area (TPSA) is 59.3 Å². The quantitative estimate of drug-likeness (QED) is 0.677. The van der Waals surface area contributed by atoms with Crippen molar-refractivity contribution in [2.45, 2.75) is 6.92 Å². The maximum Gasteiger partial charge on any atom is 0.170 e. The monoisotopic (exact) mass is 239 g/mol. The van der Waals surface area contributed by atoms with E-state index in [9.17, 15) is 0 Å². The van der Waals surface area contributed by atoms with Gasteiger partial charge in [0.1, 0.15) is 5.75 Å². The molecule has 5 heteroatoms. The lowest BCUT2D eigenvalue weighted by atomic mass is 10.3. The van der Waals surface area contributed by atoms with Crippen LogP contribution in [0.15, 0.2) is 24.3 Å². The van der Waals surface area contributed by atoms with Crippen LogP contribution in [0.5, 0.6) is 5.75 Å². The highest BCUT2D eigenvalue weighted by Gasteiger charge is 1.97. The molecule has 0 aliphatic heterocycles. The molecule has 4 N–H and O–H groups in total. The number of nitrogens with two attached hydrogens (primary N) is 1. The highest BCUT2D eigenvalue weighted by Crippen LogP contribution is 2.15. The minimum absolute atomic E-state index is 0.561. The molecule has 0 unspecified atom stereocenters. The Kier molecular flexibility index (Phi) is 5.60. The van der Waals surface area contributed by atoms with E-state index in [0.717, 1.165) is 11.4 Å². The highest BCUT2D eigenvalue weighted by molar-refractivity contribution is 7.80. The Bertz CT molecular complexity index is 327. The molecule has 0 aliphatic carbocycles. The van der Waals surface area contributed by atoms with Gasteiger partial charge in [-0.1, -0.05) is 0 Å². The zero-order valence-electron chi connectivity index (χ0n) is 9.32. The molecule has 0 aromatic heterocycles. The van der Waals surface area contributed by atoms with E-state index < -0.39 is 0 Å². The molecule has 0 bridgehead atoms. The first kappa shape index (κ1) is 12.7. The van der Waals surface area contributed by atoms with E-state index >= 15 is 0 Å². The van der Waals surface area contributed by atoms with Crippen LogP contribution in [0, 0.1) is 0 Å². The Balaban J connectivity index is 2.45. The molecule has 0 amide bonds. The van der Waals surface area contributed by atoms with Crippen molar-refractivity contribution in [3.63, 3.8) is 0 Å². The van der Waals surface area contributed by atoms with E-state index in [4.69, 9.17) is 22.7 Å². The molecule has 0 spiro atoms. The van der Waals surface area contributed by atoms with Crippen LogP contribution in [0.1, 0.15) is 6.92 Å². The summed E-state index contributed by atoms with van der Waals surface area (Å²) in [5.41, 5.74) is 6.29. The van der Waals surface area contributed by atoms with Crippen molar-refractivity contribution in [1.82, 2.24) is 5.32 Å². The van der Waals surface area contributed by atoms with Crippen molar-refractivity contribution >= 4 is 23.0 Å². The molecule has 1 aromatic rings. The van der Waals surface area contributed by atoms with E-state index in [-0.39, 0.29) is 0 Å². The second-order valence-electron chi connectivity index (χ2n) is 3.13. The van der Waals surface area contributed by atoms with E-state index in [1.54, 1.807) is 0 Å². The summed E-state index contributed by atoms with van der Waals surface area (Å²) >= 11 is 5.08. The maximum atomic E-state index is 5.36. The van der Waals surface area contributed by atoms with Crippen LogP contribution in [0.3, 0.4) is 0 Å². The molecule has 1 rings (SSSR count). The van der Waals surface area contributed by atoms with E-state index in [0.29, 0.717) is 24.8 Å². The first-order valence-corrected chi connectivity index (χ1v) is 5.65. The van der Waals surface area contributed by atoms with Crippen LogP contribution in [-0.4, -0.2) is 24.8 Å². The normalized spacial score (nSPS) is 9.62. The molecule has 0 atom stereocenters. The van der Waals surface area contributed by atoms with Crippen molar-refractivity contribution < 1.29 is 4.74 Å². The molecule has 0 radical (unpaired) electrons. The third-order valence-corrected chi connectivity index (χ3v) is 2.10. The largest absolute Gasteiger partial charge is 0.494 e. The van der Waals surface area contributed by atoms with Crippen LogP contribution in [0.4, 0.5) is 5.69 Å². The van der Waals surface area contributed by atoms with Crippen molar-refractivity contribution in [2.24, 2.45) is 5.73 Å². The average Bonchev–Trinajstić information content (AvgIpc) is 2.29. The number of rotatable bonds is 5. The Morgan fingerprint density at radius 1 is 1.38 bits per heavy atom. The molecule has 4 nitrogen and oxygen atoms in total. The molecule has 0 saturated carbocycles. The summed E-state index contributed by atoms with van der Waals surface area (Å²) in [5, 5.41) is 6.62. The zero-order chi connectivity index (χ0) is 11.8. The fraction of sp³-hybridized carbons (Fsp3) is 0.364. The number of hydrogen-bond acceptors (Lipinski definition) is 3. The third-order valence-electron chi connectivity index (χ3n) is 1.85. The lowest BCUT2D eigenvalue weighted by Crippen LogP contribution is -2.32. The van der Waals surface area contributed by atoms with Gasteiger partial charge in [0.05, 0.1) is 6.61 Å². The van der Waals surface area contributed by atoms with Crippen molar-refractivity contribution in [3.05, 3.63) is 24.3 Å². The van der Waals surface area contributed by atoms with Crippen molar-refractivity contribution in [1.29, 1.82) is 0 Å². The number of thiocarbonyl (C=S) groups is 1. The lowest BCUT2D eigenvalue weighted by molar-refractivity contribution is 0.340. The molecule has 88 valence electrons. The Morgan fingerprint density at radius 3 is 2.62 bits per heavy atom. The molecule has 0 aliphatic rings. The maximum absolute atomic E-state index is 5.36. The Labute approximate surface area is 101 Å². The van der Waals surface area contributed by atoms with Gasteiger partial charge in [-0.05, 0) is 43.4 Å². The third kappa shape index (κ3) is 4.46. The summed E-state index contributed by atoms with van der Waals surface area (Å²) in [7, 11) is 0. The second kappa shape index (κ2) is 7.03. The second-order valence-corrected chi connectivity index (χ2v) is 3.54. The van der Waals surface area contributed by atoms with Gasteiger partial charge in [-0.25, -0.2) is 0 Å². The van der Waals surface area contributed by atoms with Gasteiger partial charge in [0, 0.05) is 18.8 Å². The molecule has 0 fully saturated rings. The van der Waals surface area contributed by atoms with Crippen molar-refractivity contribution in [3.8, 4) is 5.75 Å². The molecule has 1 aromatic carbocycles. The first-order chi connectivity index (χ1) is 7.76. The van der Waals surface area contributed by atoms with Crippen LogP contribution >= 0.6 is 12.2 Å². The fourth-order valence-electron chi connectivity index (χ4n) is 1.16. The standard InChI is InChI=1S/C11H17N3OS/c1-2-15-10-5-3-9(4-6-10)14-11(16)13-8-7-12/h3-6H,2,7-8,12H2,1H3,(H2,13,14,16). The summed E-state index contributed by atoms with van der Waals surface area (Å²) in [6.45, 7) is 3.86. The van der Waals surface area contributed by atoms with E-state index in [2.05, 4.69) is 10.6 Å². The van der Waals surface area contributed by atoms with Gasteiger partial charge in [0.2, 0.25) is 0 Å². The Morgan fingerprint density at radius 2 is 2.06 bits per heavy atom.